The molecule has 1 aromatic carbocycles. The normalized spacial score (nSPS) is 14.0. The highest BCUT2D eigenvalue weighted by molar-refractivity contribution is 7.09. The molecule has 21 heavy (non-hydrogen) atoms. The molecule has 0 aliphatic carbocycles. The number of rotatable bonds is 6. The van der Waals surface area contributed by atoms with E-state index in [0.29, 0.717) is 6.04 Å². The molecule has 0 saturated heterocycles. The Labute approximate surface area is 136 Å². The third-order valence-electron chi connectivity index (χ3n) is 3.70. The van der Waals surface area contributed by atoms with E-state index in [1.54, 1.807) is 0 Å². The Hall–Kier alpha value is -1.03. The molecule has 2 aromatic rings. The fourth-order valence-electron chi connectivity index (χ4n) is 2.50. The predicted octanol–water partition coefficient (Wildman–Crippen LogP) is 4.36. The zero-order chi connectivity index (χ0) is 15.4. The summed E-state index contributed by atoms with van der Waals surface area (Å²) in [4.78, 5) is 3.74. The van der Waals surface area contributed by atoms with Gasteiger partial charge in [-0.1, -0.05) is 17.7 Å². The van der Waals surface area contributed by atoms with E-state index in [4.69, 9.17) is 17.3 Å². The fraction of sp³-hybridized carbons (Fsp3) is 0.412. The molecular weight excluding hydrogens is 300 g/mol. The monoisotopic (exact) mass is 322 g/mol. The topological polar surface area (TPSA) is 29.3 Å². The summed E-state index contributed by atoms with van der Waals surface area (Å²) < 4.78 is 0. The van der Waals surface area contributed by atoms with E-state index in [0.717, 1.165) is 17.9 Å². The molecule has 2 nitrogen and oxygen atoms in total. The van der Waals surface area contributed by atoms with Crippen LogP contribution in [0.15, 0.2) is 35.7 Å². The lowest BCUT2D eigenvalue weighted by molar-refractivity contribution is 0.677. The van der Waals surface area contributed by atoms with Crippen molar-refractivity contribution in [2.24, 2.45) is 5.73 Å². The lowest BCUT2D eigenvalue weighted by Crippen LogP contribution is -2.32. The van der Waals surface area contributed by atoms with Gasteiger partial charge in [-0.25, -0.2) is 0 Å². The molecule has 0 radical (unpaired) electrons. The molecule has 0 fully saturated rings. The highest BCUT2D eigenvalue weighted by Crippen LogP contribution is 2.27. The molecule has 0 saturated carbocycles. The first-order chi connectivity index (χ1) is 9.97. The van der Waals surface area contributed by atoms with Crippen LogP contribution in [0, 0.1) is 0 Å². The standard InChI is InChI=1S/C17H23ClN2S/c1-12(19)9-14-11-15(18)6-7-17(14)20(3)13(2)10-16-5-4-8-21-16/h4-8,11-13H,9-10,19H2,1-3H3. The van der Waals surface area contributed by atoms with Gasteiger partial charge in [-0.15, -0.1) is 11.3 Å². The average Bonchev–Trinajstić information content (AvgIpc) is 2.90. The smallest absolute Gasteiger partial charge is 0.0410 e. The molecule has 2 N–H and O–H groups in total. The zero-order valence-corrected chi connectivity index (χ0v) is 14.4. The van der Waals surface area contributed by atoms with Gasteiger partial charge in [-0.2, -0.15) is 0 Å². The Morgan fingerprint density at radius 2 is 2.00 bits per heavy atom. The summed E-state index contributed by atoms with van der Waals surface area (Å²) in [6.07, 6.45) is 1.89. The van der Waals surface area contributed by atoms with Gasteiger partial charge in [-0.05, 0) is 55.5 Å². The van der Waals surface area contributed by atoms with Gasteiger partial charge in [0.1, 0.15) is 0 Å². The molecular formula is C17H23ClN2S. The summed E-state index contributed by atoms with van der Waals surface area (Å²) in [7, 11) is 2.15. The Bertz CT molecular complexity index is 566. The van der Waals surface area contributed by atoms with E-state index in [2.05, 4.69) is 42.5 Å². The molecule has 4 heteroatoms. The molecule has 1 heterocycles. The number of hydrogen-bond donors (Lipinski definition) is 1. The van der Waals surface area contributed by atoms with E-state index in [1.807, 2.05) is 30.4 Å². The quantitative estimate of drug-likeness (QED) is 0.856. The third kappa shape index (κ3) is 4.47. The molecule has 2 unspecified atom stereocenters. The van der Waals surface area contributed by atoms with E-state index in [9.17, 15) is 0 Å². The van der Waals surface area contributed by atoms with Crippen LogP contribution in [-0.4, -0.2) is 19.1 Å². The fourth-order valence-corrected chi connectivity index (χ4v) is 3.52. The molecule has 2 atom stereocenters. The average molecular weight is 323 g/mol. The van der Waals surface area contributed by atoms with E-state index >= 15 is 0 Å². The molecule has 0 spiro atoms. The maximum atomic E-state index is 6.14. The van der Waals surface area contributed by atoms with Crippen LogP contribution in [0.25, 0.3) is 0 Å². The van der Waals surface area contributed by atoms with Crippen LogP contribution in [0.1, 0.15) is 24.3 Å². The first-order valence-electron chi connectivity index (χ1n) is 7.26. The summed E-state index contributed by atoms with van der Waals surface area (Å²) in [5.41, 5.74) is 8.41. The molecule has 0 aliphatic heterocycles. The number of thiophene rings is 1. The number of anilines is 1. The Balaban J connectivity index is 2.19. The van der Waals surface area contributed by atoms with Crippen LogP contribution in [0.2, 0.25) is 5.02 Å². The number of nitrogens with zero attached hydrogens (tertiary/aromatic N) is 1. The Morgan fingerprint density at radius 1 is 1.24 bits per heavy atom. The number of likely N-dealkylation sites (N-methyl/N-ethyl adjacent to an activating group) is 1. The summed E-state index contributed by atoms with van der Waals surface area (Å²) >= 11 is 7.96. The maximum absolute atomic E-state index is 6.14. The second-order valence-electron chi connectivity index (χ2n) is 5.70. The Morgan fingerprint density at radius 3 is 2.62 bits per heavy atom. The van der Waals surface area contributed by atoms with Gasteiger partial charge >= 0.3 is 0 Å². The van der Waals surface area contributed by atoms with Crippen molar-refractivity contribution in [1.82, 2.24) is 0 Å². The predicted molar refractivity (Wildman–Crippen MR) is 94.7 cm³/mol. The van der Waals surface area contributed by atoms with Gasteiger partial charge in [-0.3, -0.25) is 0 Å². The number of halogens is 1. The van der Waals surface area contributed by atoms with Crippen LogP contribution in [0.3, 0.4) is 0 Å². The van der Waals surface area contributed by atoms with Crippen molar-refractivity contribution in [1.29, 1.82) is 0 Å². The van der Waals surface area contributed by atoms with Crippen LogP contribution >= 0.6 is 22.9 Å². The van der Waals surface area contributed by atoms with Crippen molar-refractivity contribution in [3.8, 4) is 0 Å². The highest BCUT2D eigenvalue weighted by atomic mass is 35.5. The highest BCUT2D eigenvalue weighted by Gasteiger charge is 2.15. The van der Waals surface area contributed by atoms with E-state index in [-0.39, 0.29) is 6.04 Å². The third-order valence-corrected chi connectivity index (χ3v) is 4.84. The van der Waals surface area contributed by atoms with Gasteiger partial charge in [0.15, 0.2) is 0 Å². The lowest BCUT2D eigenvalue weighted by atomic mass is 10.0. The number of hydrogen-bond acceptors (Lipinski definition) is 3. The summed E-state index contributed by atoms with van der Waals surface area (Å²) in [6, 6.07) is 11.0. The first-order valence-corrected chi connectivity index (χ1v) is 8.52. The second-order valence-corrected chi connectivity index (χ2v) is 7.17. The van der Waals surface area contributed by atoms with Crippen molar-refractivity contribution in [3.05, 3.63) is 51.2 Å². The van der Waals surface area contributed by atoms with Crippen molar-refractivity contribution >= 4 is 28.6 Å². The van der Waals surface area contributed by atoms with Crippen molar-refractivity contribution in [2.45, 2.75) is 38.8 Å². The first kappa shape index (κ1) is 16.3. The lowest BCUT2D eigenvalue weighted by Gasteiger charge is -2.29. The van der Waals surface area contributed by atoms with Gasteiger partial charge in [0.05, 0.1) is 0 Å². The SMILES string of the molecule is CC(N)Cc1cc(Cl)ccc1N(C)C(C)Cc1cccs1. The van der Waals surface area contributed by atoms with Gasteiger partial charge < -0.3 is 10.6 Å². The maximum Gasteiger partial charge on any atom is 0.0410 e. The van der Waals surface area contributed by atoms with Crippen molar-refractivity contribution < 1.29 is 0 Å². The van der Waals surface area contributed by atoms with Crippen LogP contribution in [-0.2, 0) is 12.8 Å². The molecule has 1 aromatic heterocycles. The molecule has 2 rings (SSSR count). The van der Waals surface area contributed by atoms with Crippen LogP contribution in [0.4, 0.5) is 5.69 Å². The minimum absolute atomic E-state index is 0.128. The number of benzene rings is 1. The van der Waals surface area contributed by atoms with Gasteiger partial charge in [0.25, 0.3) is 0 Å². The van der Waals surface area contributed by atoms with Crippen LogP contribution in [0.5, 0.6) is 0 Å². The molecule has 0 aliphatic rings. The zero-order valence-electron chi connectivity index (χ0n) is 12.8. The van der Waals surface area contributed by atoms with Gasteiger partial charge in [0, 0.05) is 41.1 Å². The van der Waals surface area contributed by atoms with Gasteiger partial charge in [0.2, 0.25) is 0 Å². The van der Waals surface area contributed by atoms with E-state index in [1.165, 1.54) is 16.1 Å². The minimum atomic E-state index is 0.128. The molecule has 0 amide bonds. The van der Waals surface area contributed by atoms with E-state index < -0.39 is 0 Å². The number of nitrogens with two attached hydrogens (primary N) is 1. The molecule has 114 valence electrons. The second kappa shape index (κ2) is 7.30. The summed E-state index contributed by atoms with van der Waals surface area (Å²) in [5.74, 6) is 0. The van der Waals surface area contributed by atoms with Crippen LogP contribution < -0.4 is 10.6 Å². The Kier molecular flexibility index (Phi) is 5.68. The van der Waals surface area contributed by atoms with Crippen molar-refractivity contribution in [3.63, 3.8) is 0 Å². The summed E-state index contributed by atoms with van der Waals surface area (Å²) in [5, 5.41) is 2.90. The largest absolute Gasteiger partial charge is 0.371 e. The molecule has 0 bridgehead atoms. The van der Waals surface area contributed by atoms with Crippen molar-refractivity contribution in [2.75, 3.05) is 11.9 Å². The minimum Gasteiger partial charge on any atom is -0.371 e. The summed E-state index contributed by atoms with van der Waals surface area (Å²) in [6.45, 7) is 4.28.